The smallest absolute Gasteiger partial charge is 0.416 e. The van der Waals surface area contributed by atoms with E-state index in [0.717, 1.165) is 18.6 Å². The molecule has 1 aliphatic heterocycles. The molecule has 0 amide bonds. The molecule has 1 aromatic rings. The van der Waals surface area contributed by atoms with E-state index in [1.807, 2.05) is 6.08 Å². The summed E-state index contributed by atoms with van der Waals surface area (Å²) in [7, 11) is -2.15. The van der Waals surface area contributed by atoms with E-state index in [-0.39, 0.29) is 41.4 Å². The molecule has 0 bridgehead atoms. The van der Waals surface area contributed by atoms with Crippen LogP contribution in [0.4, 0.5) is 13.2 Å². The number of aliphatic hydroxyl groups excluding tert-OH is 1. The lowest BCUT2D eigenvalue weighted by Crippen LogP contribution is -2.45. The van der Waals surface area contributed by atoms with Gasteiger partial charge in [-0.2, -0.15) is 13.2 Å². The molecule has 6 atom stereocenters. The lowest BCUT2D eigenvalue weighted by atomic mass is 9.88. The number of halogens is 3. The molecule has 186 valence electrons. The minimum absolute atomic E-state index is 0.0234. The Balaban J connectivity index is 1.76. The molecule has 2 fully saturated rings. The molecule has 2 aliphatic rings. The van der Waals surface area contributed by atoms with Crippen LogP contribution in [-0.2, 0) is 15.3 Å². The predicted molar refractivity (Wildman–Crippen MR) is 124 cm³/mol. The van der Waals surface area contributed by atoms with Gasteiger partial charge in [0.2, 0.25) is 0 Å². The van der Waals surface area contributed by atoms with Gasteiger partial charge in [-0.3, -0.25) is 0 Å². The molecule has 1 saturated heterocycles. The van der Waals surface area contributed by atoms with Crippen molar-refractivity contribution in [2.45, 2.75) is 83.3 Å². The molecule has 4 unspecified atom stereocenters. The zero-order valence-corrected chi connectivity index (χ0v) is 21.4. The Bertz CT molecular complexity index is 834. The number of hydrogen-bond acceptors (Lipinski definition) is 4. The highest BCUT2D eigenvalue weighted by Gasteiger charge is 2.46. The molecular formula is C25H37F3O4Si. The Morgan fingerprint density at radius 3 is 2.55 bits per heavy atom. The maximum Gasteiger partial charge on any atom is 0.416 e. The number of alkyl halides is 3. The van der Waals surface area contributed by atoms with Gasteiger partial charge in [0, 0.05) is 6.42 Å². The van der Waals surface area contributed by atoms with Crippen molar-refractivity contribution in [3.05, 3.63) is 42.0 Å². The molecule has 1 saturated carbocycles. The van der Waals surface area contributed by atoms with Gasteiger partial charge in [-0.25, -0.2) is 0 Å². The first kappa shape index (κ1) is 26.3. The van der Waals surface area contributed by atoms with E-state index in [1.54, 1.807) is 0 Å². The fourth-order valence-electron chi connectivity index (χ4n) is 4.53. The summed E-state index contributed by atoms with van der Waals surface area (Å²) in [4.78, 5) is 0. The molecule has 1 aliphatic carbocycles. The summed E-state index contributed by atoms with van der Waals surface area (Å²) in [5, 5.41) is 9.86. The van der Waals surface area contributed by atoms with Crippen molar-refractivity contribution in [3.8, 4) is 5.75 Å². The van der Waals surface area contributed by atoms with Crippen LogP contribution in [0.5, 0.6) is 5.75 Å². The second-order valence-corrected chi connectivity index (χ2v) is 15.7. The second-order valence-electron chi connectivity index (χ2n) is 11.0. The van der Waals surface area contributed by atoms with Crippen LogP contribution >= 0.6 is 0 Å². The van der Waals surface area contributed by atoms with E-state index in [4.69, 9.17) is 13.9 Å². The standard InChI is InChI=1S/C25H37F3O4Si/c1-16-12-22-21(14-23(29)31-22)20(16)11-10-19(32-33(5,6)24(2,3)4)15-30-18-9-7-8-17(13-18)25(26,27)28/h7-11,13,16,19-23,29H,12,14-15H2,1-6H3/b11-10+/t16?,19-,20+,21?,22?,23?/m1/s1. The Labute approximate surface area is 196 Å². The summed E-state index contributed by atoms with van der Waals surface area (Å²) in [5.74, 6) is 1.11. The Morgan fingerprint density at radius 2 is 1.91 bits per heavy atom. The van der Waals surface area contributed by atoms with Crippen molar-refractivity contribution < 1.29 is 32.2 Å². The van der Waals surface area contributed by atoms with Gasteiger partial charge in [0.1, 0.15) is 12.4 Å². The van der Waals surface area contributed by atoms with E-state index >= 15 is 0 Å². The van der Waals surface area contributed by atoms with Crippen LogP contribution in [-0.4, -0.2) is 38.5 Å². The van der Waals surface area contributed by atoms with Gasteiger partial charge >= 0.3 is 6.18 Å². The van der Waals surface area contributed by atoms with Crippen LogP contribution in [0.25, 0.3) is 0 Å². The topological polar surface area (TPSA) is 47.9 Å². The van der Waals surface area contributed by atoms with Crippen LogP contribution in [0.15, 0.2) is 36.4 Å². The summed E-state index contributed by atoms with van der Waals surface area (Å²) in [6.07, 6.45) is 0.242. The third kappa shape index (κ3) is 6.41. The fourth-order valence-corrected chi connectivity index (χ4v) is 5.79. The molecule has 0 spiro atoms. The lowest BCUT2D eigenvalue weighted by molar-refractivity contribution is -0.137. The van der Waals surface area contributed by atoms with Crippen molar-refractivity contribution in [3.63, 3.8) is 0 Å². The predicted octanol–water partition coefficient (Wildman–Crippen LogP) is 6.41. The summed E-state index contributed by atoms with van der Waals surface area (Å²) >= 11 is 0. The number of allylic oxidation sites excluding steroid dienone is 1. The minimum atomic E-state index is -4.42. The third-order valence-electron chi connectivity index (χ3n) is 7.41. The van der Waals surface area contributed by atoms with Crippen LogP contribution in [0.3, 0.4) is 0 Å². The number of ether oxygens (including phenoxy) is 2. The van der Waals surface area contributed by atoms with Crippen molar-refractivity contribution in [2.75, 3.05) is 6.61 Å². The first-order valence-electron chi connectivity index (χ1n) is 11.7. The quantitative estimate of drug-likeness (QED) is 0.357. The molecular weight excluding hydrogens is 449 g/mol. The number of hydrogen-bond donors (Lipinski definition) is 1. The monoisotopic (exact) mass is 486 g/mol. The summed E-state index contributed by atoms with van der Waals surface area (Å²) in [6.45, 7) is 13.0. The van der Waals surface area contributed by atoms with Crippen molar-refractivity contribution in [1.82, 2.24) is 0 Å². The van der Waals surface area contributed by atoms with Gasteiger partial charge in [-0.15, -0.1) is 0 Å². The largest absolute Gasteiger partial charge is 0.491 e. The lowest BCUT2D eigenvalue weighted by Gasteiger charge is -2.38. The summed E-state index contributed by atoms with van der Waals surface area (Å²) in [6, 6.07) is 4.94. The SMILES string of the molecule is CC1CC2OC(O)CC2[C@H]1/C=C/[C@H](COc1cccc(C(F)(F)F)c1)O[Si](C)(C)C(C)(C)C. The van der Waals surface area contributed by atoms with Crippen LogP contribution < -0.4 is 4.74 Å². The average molecular weight is 487 g/mol. The van der Waals surface area contributed by atoms with E-state index < -0.39 is 26.3 Å². The first-order valence-corrected chi connectivity index (χ1v) is 14.6. The summed E-state index contributed by atoms with van der Waals surface area (Å²) < 4.78 is 57.2. The Hall–Kier alpha value is -1.35. The number of fused-ring (bicyclic) bond motifs is 1. The maximum atomic E-state index is 13.1. The van der Waals surface area contributed by atoms with Gasteiger partial charge in [0.05, 0.1) is 17.8 Å². The molecule has 1 heterocycles. The number of aliphatic hydroxyl groups is 1. The van der Waals surface area contributed by atoms with E-state index in [9.17, 15) is 18.3 Å². The Morgan fingerprint density at radius 1 is 1.21 bits per heavy atom. The van der Waals surface area contributed by atoms with Gasteiger partial charge in [0.25, 0.3) is 0 Å². The third-order valence-corrected chi connectivity index (χ3v) is 11.9. The van der Waals surface area contributed by atoms with Gasteiger partial charge in [0.15, 0.2) is 14.6 Å². The van der Waals surface area contributed by atoms with Gasteiger partial charge < -0.3 is 19.0 Å². The van der Waals surface area contributed by atoms with Gasteiger partial charge in [-0.1, -0.05) is 45.9 Å². The van der Waals surface area contributed by atoms with Crippen LogP contribution in [0.1, 0.15) is 46.1 Å². The highest BCUT2D eigenvalue weighted by molar-refractivity contribution is 6.74. The second kappa shape index (κ2) is 9.72. The molecule has 8 heteroatoms. The van der Waals surface area contributed by atoms with E-state index in [0.29, 0.717) is 12.3 Å². The highest BCUT2D eigenvalue weighted by atomic mass is 28.4. The van der Waals surface area contributed by atoms with Crippen molar-refractivity contribution in [2.24, 2.45) is 17.8 Å². The fraction of sp³-hybridized carbons (Fsp3) is 0.680. The zero-order valence-electron chi connectivity index (χ0n) is 20.4. The molecule has 3 rings (SSSR count). The highest BCUT2D eigenvalue weighted by Crippen LogP contribution is 2.46. The van der Waals surface area contributed by atoms with Crippen LogP contribution in [0.2, 0.25) is 18.1 Å². The summed E-state index contributed by atoms with van der Waals surface area (Å²) in [5.41, 5.74) is -0.733. The molecule has 1 aromatic carbocycles. The molecule has 1 N–H and O–H groups in total. The average Bonchev–Trinajstić information content (AvgIpc) is 3.17. The molecule has 0 aromatic heterocycles. The maximum absolute atomic E-state index is 13.1. The number of benzene rings is 1. The molecule has 33 heavy (non-hydrogen) atoms. The Kier molecular flexibility index (Phi) is 7.73. The molecule has 4 nitrogen and oxygen atoms in total. The van der Waals surface area contributed by atoms with Crippen molar-refractivity contribution >= 4 is 8.32 Å². The van der Waals surface area contributed by atoms with E-state index in [2.05, 4.69) is 46.9 Å². The van der Waals surface area contributed by atoms with Gasteiger partial charge in [-0.05, 0) is 60.5 Å². The number of rotatable bonds is 7. The molecule has 0 radical (unpaired) electrons. The minimum Gasteiger partial charge on any atom is -0.491 e. The van der Waals surface area contributed by atoms with Crippen molar-refractivity contribution in [1.29, 1.82) is 0 Å². The van der Waals surface area contributed by atoms with Crippen LogP contribution in [0, 0.1) is 17.8 Å². The first-order chi connectivity index (χ1) is 15.2. The van der Waals surface area contributed by atoms with E-state index in [1.165, 1.54) is 12.1 Å². The zero-order chi connectivity index (χ0) is 24.6. The normalized spacial score (nSPS) is 29.5.